The largest absolute Gasteiger partial charge is 0.465 e. The summed E-state index contributed by atoms with van der Waals surface area (Å²) >= 11 is 0. The van der Waals surface area contributed by atoms with E-state index in [1.165, 1.54) is 38.8 Å². The smallest absolute Gasteiger partial charge is 0.117 e. The van der Waals surface area contributed by atoms with E-state index in [1.54, 1.807) is 0 Å². The number of fused-ring (bicyclic) bond motifs is 1. The van der Waals surface area contributed by atoms with Crippen molar-refractivity contribution in [1.29, 1.82) is 0 Å². The highest BCUT2D eigenvalue weighted by Gasteiger charge is 2.34. The van der Waals surface area contributed by atoms with Gasteiger partial charge in [0.25, 0.3) is 0 Å². The van der Waals surface area contributed by atoms with Gasteiger partial charge in [0, 0.05) is 18.6 Å². The Balaban J connectivity index is 1.55. The Morgan fingerprint density at radius 2 is 2.24 bits per heavy atom. The molecule has 0 amide bonds. The molecule has 3 heteroatoms. The highest BCUT2D eigenvalue weighted by molar-refractivity contribution is 5.06. The second-order valence-corrected chi connectivity index (χ2v) is 5.39. The van der Waals surface area contributed by atoms with Gasteiger partial charge in [0.05, 0.1) is 6.54 Å². The molecule has 94 valence electrons. The maximum Gasteiger partial charge on any atom is 0.117 e. The fraction of sp³-hybridized carbons (Fsp3) is 0.714. The Morgan fingerprint density at radius 1 is 1.29 bits per heavy atom. The van der Waals surface area contributed by atoms with Crippen LogP contribution in [0.1, 0.15) is 37.2 Å². The average molecular weight is 234 g/mol. The topological polar surface area (TPSA) is 28.4 Å². The quantitative estimate of drug-likeness (QED) is 0.870. The summed E-state index contributed by atoms with van der Waals surface area (Å²) in [6, 6.07) is 5.56. The number of hydrogen-bond donors (Lipinski definition) is 1. The number of nitrogens with zero attached hydrogens (tertiary/aromatic N) is 1. The van der Waals surface area contributed by atoms with Crippen LogP contribution in [0, 0.1) is 6.92 Å². The van der Waals surface area contributed by atoms with Gasteiger partial charge in [-0.2, -0.15) is 0 Å². The van der Waals surface area contributed by atoms with Gasteiger partial charge in [-0.1, -0.05) is 6.42 Å². The molecule has 1 aromatic heterocycles. The first-order chi connectivity index (χ1) is 8.33. The molecule has 0 bridgehead atoms. The van der Waals surface area contributed by atoms with E-state index in [9.17, 15) is 0 Å². The zero-order chi connectivity index (χ0) is 11.7. The summed E-state index contributed by atoms with van der Waals surface area (Å²) in [6.07, 6.45) is 5.46. The zero-order valence-corrected chi connectivity index (χ0v) is 10.6. The summed E-state index contributed by atoms with van der Waals surface area (Å²) in [7, 11) is 0. The summed E-state index contributed by atoms with van der Waals surface area (Å²) in [5.74, 6) is 2.07. The van der Waals surface area contributed by atoms with Crippen molar-refractivity contribution in [1.82, 2.24) is 10.2 Å². The lowest BCUT2D eigenvalue weighted by molar-refractivity contribution is 0.179. The van der Waals surface area contributed by atoms with Gasteiger partial charge in [-0.15, -0.1) is 0 Å². The Morgan fingerprint density at radius 3 is 3.06 bits per heavy atom. The summed E-state index contributed by atoms with van der Waals surface area (Å²) in [5, 5.41) is 3.68. The van der Waals surface area contributed by atoms with Gasteiger partial charge in [0.1, 0.15) is 11.5 Å². The van der Waals surface area contributed by atoms with Gasteiger partial charge in [-0.05, 0) is 44.9 Å². The van der Waals surface area contributed by atoms with Gasteiger partial charge in [0.15, 0.2) is 0 Å². The van der Waals surface area contributed by atoms with Crippen LogP contribution in [0.2, 0.25) is 0 Å². The highest BCUT2D eigenvalue weighted by atomic mass is 16.3. The molecule has 3 rings (SSSR count). The minimum atomic E-state index is 0.667. The van der Waals surface area contributed by atoms with Crippen LogP contribution in [-0.4, -0.2) is 30.1 Å². The lowest BCUT2D eigenvalue weighted by Gasteiger charge is -2.32. The van der Waals surface area contributed by atoms with Crippen molar-refractivity contribution in [2.45, 2.75) is 51.2 Å². The van der Waals surface area contributed by atoms with Crippen LogP contribution in [-0.2, 0) is 6.54 Å². The third kappa shape index (κ3) is 2.40. The average Bonchev–Trinajstić information content (AvgIpc) is 2.93. The molecule has 2 aliphatic heterocycles. The normalized spacial score (nSPS) is 29.5. The van der Waals surface area contributed by atoms with Crippen LogP contribution < -0.4 is 5.32 Å². The molecule has 0 aliphatic carbocycles. The molecular weight excluding hydrogens is 212 g/mol. The number of aryl methyl sites for hydroxylation is 1. The summed E-state index contributed by atoms with van der Waals surface area (Å²) in [5.41, 5.74) is 0. The Labute approximate surface area is 103 Å². The van der Waals surface area contributed by atoms with E-state index in [-0.39, 0.29) is 0 Å². The van der Waals surface area contributed by atoms with Gasteiger partial charge in [-0.25, -0.2) is 0 Å². The lowest BCUT2D eigenvalue weighted by atomic mass is 9.99. The fourth-order valence-corrected chi connectivity index (χ4v) is 3.30. The van der Waals surface area contributed by atoms with E-state index in [0.29, 0.717) is 6.04 Å². The molecule has 0 spiro atoms. The third-order valence-corrected chi connectivity index (χ3v) is 4.19. The van der Waals surface area contributed by atoms with Crippen LogP contribution in [0.3, 0.4) is 0 Å². The van der Waals surface area contributed by atoms with Crippen molar-refractivity contribution < 1.29 is 4.42 Å². The summed E-state index contributed by atoms with van der Waals surface area (Å²) < 4.78 is 5.60. The molecule has 3 nitrogen and oxygen atoms in total. The first-order valence-corrected chi connectivity index (χ1v) is 6.86. The van der Waals surface area contributed by atoms with E-state index < -0.39 is 0 Å². The maximum atomic E-state index is 5.60. The van der Waals surface area contributed by atoms with Gasteiger partial charge >= 0.3 is 0 Å². The van der Waals surface area contributed by atoms with Crippen LogP contribution in [0.25, 0.3) is 0 Å². The standard InChI is InChI=1S/C14H22N2O/c1-11-5-6-12(17-11)10-15-13-7-9-16-8-3-2-4-14(13)16/h5-6,13-15H,2-4,7-10H2,1H3. The van der Waals surface area contributed by atoms with E-state index in [4.69, 9.17) is 4.42 Å². The number of nitrogens with one attached hydrogen (secondary N) is 1. The Bertz CT molecular complexity index is 374. The van der Waals surface area contributed by atoms with Gasteiger partial charge in [-0.3, -0.25) is 4.90 Å². The molecule has 2 aliphatic rings. The highest BCUT2D eigenvalue weighted by Crippen LogP contribution is 2.27. The van der Waals surface area contributed by atoms with Crippen molar-refractivity contribution in [2.75, 3.05) is 13.1 Å². The molecule has 1 N–H and O–H groups in total. The van der Waals surface area contributed by atoms with Crippen molar-refractivity contribution in [2.24, 2.45) is 0 Å². The second-order valence-electron chi connectivity index (χ2n) is 5.39. The molecule has 1 aromatic rings. The van der Waals surface area contributed by atoms with Crippen LogP contribution in [0.4, 0.5) is 0 Å². The van der Waals surface area contributed by atoms with Crippen molar-refractivity contribution in [3.8, 4) is 0 Å². The molecule has 3 heterocycles. The Hall–Kier alpha value is -0.800. The lowest BCUT2D eigenvalue weighted by Crippen LogP contribution is -2.44. The second kappa shape index (κ2) is 4.83. The predicted molar refractivity (Wildman–Crippen MR) is 67.9 cm³/mol. The van der Waals surface area contributed by atoms with Crippen molar-refractivity contribution >= 4 is 0 Å². The van der Waals surface area contributed by atoms with Gasteiger partial charge in [0.2, 0.25) is 0 Å². The van der Waals surface area contributed by atoms with Crippen LogP contribution in [0.15, 0.2) is 16.5 Å². The van der Waals surface area contributed by atoms with Gasteiger partial charge < -0.3 is 9.73 Å². The number of piperidine rings is 1. The molecule has 0 radical (unpaired) electrons. The first kappa shape index (κ1) is 11.3. The van der Waals surface area contributed by atoms with E-state index >= 15 is 0 Å². The predicted octanol–water partition coefficient (Wildman–Crippen LogP) is 2.30. The summed E-state index contributed by atoms with van der Waals surface area (Å²) in [4.78, 5) is 2.66. The monoisotopic (exact) mass is 234 g/mol. The summed E-state index contributed by atoms with van der Waals surface area (Å²) in [6.45, 7) is 5.47. The fourth-order valence-electron chi connectivity index (χ4n) is 3.30. The molecular formula is C14H22N2O. The zero-order valence-electron chi connectivity index (χ0n) is 10.6. The van der Waals surface area contributed by atoms with Crippen molar-refractivity contribution in [3.63, 3.8) is 0 Å². The van der Waals surface area contributed by atoms with E-state index in [2.05, 4.69) is 16.3 Å². The SMILES string of the molecule is Cc1ccc(CNC2CCN3CCCCC23)o1. The number of furan rings is 1. The molecule has 17 heavy (non-hydrogen) atoms. The molecule has 2 atom stereocenters. The third-order valence-electron chi connectivity index (χ3n) is 4.19. The van der Waals surface area contributed by atoms with E-state index in [1.807, 2.05) is 13.0 Å². The number of rotatable bonds is 3. The van der Waals surface area contributed by atoms with Crippen LogP contribution in [0.5, 0.6) is 0 Å². The minimum Gasteiger partial charge on any atom is -0.465 e. The minimum absolute atomic E-state index is 0.667. The van der Waals surface area contributed by atoms with Crippen molar-refractivity contribution in [3.05, 3.63) is 23.7 Å². The number of hydrogen-bond acceptors (Lipinski definition) is 3. The van der Waals surface area contributed by atoms with E-state index in [0.717, 1.165) is 24.1 Å². The molecule has 0 aromatic carbocycles. The molecule has 2 saturated heterocycles. The Kier molecular flexibility index (Phi) is 3.21. The first-order valence-electron chi connectivity index (χ1n) is 6.86. The maximum absolute atomic E-state index is 5.60. The molecule has 2 unspecified atom stereocenters. The molecule has 0 saturated carbocycles. The molecule has 2 fully saturated rings. The van der Waals surface area contributed by atoms with Crippen LogP contribution >= 0.6 is 0 Å².